The van der Waals surface area contributed by atoms with Gasteiger partial charge < -0.3 is 24.1 Å². The Bertz CT molecular complexity index is 1550. The summed E-state index contributed by atoms with van der Waals surface area (Å²) < 4.78 is 32.1. The zero-order valence-corrected chi connectivity index (χ0v) is 27.2. The van der Waals surface area contributed by atoms with Crippen molar-refractivity contribution in [2.45, 2.75) is 57.2 Å². The molecule has 0 bridgehead atoms. The summed E-state index contributed by atoms with van der Waals surface area (Å²) in [6.07, 6.45) is 9.94. The van der Waals surface area contributed by atoms with Crippen LogP contribution >= 0.6 is 0 Å². The van der Waals surface area contributed by atoms with Gasteiger partial charge in [0, 0.05) is 41.6 Å². The van der Waals surface area contributed by atoms with Gasteiger partial charge in [0.25, 0.3) is 0 Å². The number of nitrogens with zero attached hydrogens (tertiary/aromatic N) is 2. The highest BCUT2D eigenvalue weighted by molar-refractivity contribution is 7.84. The Morgan fingerprint density at radius 2 is 1.69 bits per heavy atom. The van der Waals surface area contributed by atoms with Gasteiger partial charge >= 0.3 is 0 Å². The van der Waals surface area contributed by atoms with Gasteiger partial charge in [-0.3, -0.25) is 9.00 Å². The summed E-state index contributed by atoms with van der Waals surface area (Å²) in [5, 5.41) is 2.88. The number of imidazole rings is 1. The monoisotopic (exact) mass is 629 g/mol. The minimum Gasteiger partial charge on any atom is -0.493 e. The third kappa shape index (κ3) is 10.4. The minimum atomic E-state index is -1.22. The number of ether oxygens (including phenoxy) is 3. The predicted octanol–water partition coefficient (Wildman–Crippen LogP) is 7.51. The van der Waals surface area contributed by atoms with Crippen LogP contribution in [0.3, 0.4) is 0 Å². The normalized spacial score (nSPS) is 11.9. The first-order chi connectivity index (χ1) is 22.0. The van der Waals surface area contributed by atoms with Crippen LogP contribution in [-0.2, 0) is 32.6 Å². The highest BCUT2D eigenvalue weighted by Gasteiger charge is 2.10. The summed E-state index contributed by atoms with van der Waals surface area (Å²) >= 11 is 0. The molecule has 0 unspecified atom stereocenters. The molecule has 8 nitrogen and oxygen atoms in total. The molecule has 0 aliphatic rings. The molecule has 1 N–H and O–H groups in total. The molecular weight excluding hydrogens is 586 g/mol. The summed E-state index contributed by atoms with van der Waals surface area (Å²) in [5.41, 5.74) is 4.38. The fourth-order valence-electron chi connectivity index (χ4n) is 4.62. The maximum Gasteiger partial charge on any atom is 0.248 e. The number of carbonyl (C=O) groups is 1. The molecule has 238 valence electrons. The van der Waals surface area contributed by atoms with Crippen molar-refractivity contribution in [3.63, 3.8) is 0 Å². The van der Waals surface area contributed by atoms with Crippen LogP contribution in [0.15, 0.2) is 90.2 Å². The topological polar surface area (TPSA) is 91.7 Å². The maximum absolute atomic E-state index is 12.9. The molecular formula is C36H43N3O5S. The van der Waals surface area contributed by atoms with E-state index in [1.165, 1.54) is 6.08 Å². The number of amides is 1. The molecule has 0 fully saturated rings. The van der Waals surface area contributed by atoms with E-state index in [9.17, 15) is 9.00 Å². The fraction of sp³-hybridized carbons (Fsp3) is 0.333. The van der Waals surface area contributed by atoms with Crippen molar-refractivity contribution >= 4 is 28.5 Å². The number of anilines is 1. The Hall–Kier alpha value is -4.21. The summed E-state index contributed by atoms with van der Waals surface area (Å²) in [7, 11) is -1.22. The number of benzene rings is 3. The average Bonchev–Trinajstić information content (AvgIpc) is 3.49. The molecule has 0 aliphatic carbocycles. The molecule has 9 heteroatoms. The molecule has 45 heavy (non-hydrogen) atoms. The molecule has 1 heterocycles. The van der Waals surface area contributed by atoms with Crippen LogP contribution in [0.25, 0.3) is 17.2 Å². The van der Waals surface area contributed by atoms with Gasteiger partial charge in [0.05, 0.1) is 41.8 Å². The summed E-state index contributed by atoms with van der Waals surface area (Å²) in [6.45, 7) is 9.37. The van der Waals surface area contributed by atoms with Crippen LogP contribution in [0.2, 0.25) is 0 Å². The van der Waals surface area contributed by atoms with Crippen molar-refractivity contribution in [2.75, 3.05) is 31.7 Å². The molecule has 4 rings (SSSR count). The Morgan fingerprint density at radius 1 is 0.911 bits per heavy atom. The first kappa shape index (κ1) is 33.7. The molecule has 1 amide bonds. The van der Waals surface area contributed by atoms with Crippen LogP contribution < -0.4 is 14.8 Å². The van der Waals surface area contributed by atoms with E-state index in [0.29, 0.717) is 41.9 Å². The van der Waals surface area contributed by atoms with E-state index in [1.807, 2.05) is 54.0 Å². The molecule has 3 aromatic carbocycles. The minimum absolute atomic E-state index is 0.277. The quantitative estimate of drug-likeness (QED) is 0.0905. The molecule has 0 saturated carbocycles. The van der Waals surface area contributed by atoms with Gasteiger partial charge in [0.15, 0.2) is 0 Å². The highest BCUT2D eigenvalue weighted by Crippen LogP contribution is 2.29. The lowest BCUT2D eigenvalue weighted by Gasteiger charge is -2.11. The van der Waals surface area contributed by atoms with E-state index < -0.39 is 10.8 Å². The lowest BCUT2D eigenvalue weighted by Crippen LogP contribution is -2.08. The molecule has 1 atom stereocenters. The first-order valence-corrected chi connectivity index (χ1v) is 16.9. The van der Waals surface area contributed by atoms with Crippen LogP contribution in [0, 0.1) is 0 Å². The van der Waals surface area contributed by atoms with E-state index in [0.717, 1.165) is 60.5 Å². The van der Waals surface area contributed by atoms with Crippen molar-refractivity contribution in [3.05, 3.63) is 96.6 Å². The third-order valence-corrected chi connectivity index (χ3v) is 8.33. The van der Waals surface area contributed by atoms with Crippen LogP contribution in [-0.4, -0.2) is 46.1 Å². The average molecular weight is 630 g/mol. The Balaban J connectivity index is 1.36. The predicted molar refractivity (Wildman–Crippen MR) is 181 cm³/mol. The van der Waals surface area contributed by atoms with Crippen molar-refractivity contribution in [2.24, 2.45) is 0 Å². The largest absolute Gasteiger partial charge is 0.493 e. The third-order valence-electron chi connectivity index (χ3n) is 6.98. The number of aryl methyl sites for hydroxylation is 1. The van der Waals surface area contributed by atoms with Crippen molar-refractivity contribution in [1.82, 2.24) is 9.55 Å². The first-order valence-electron chi connectivity index (χ1n) is 15.5. The second-order valence-corrected chi connectivity index (χ2v) is 11.9. The molecule has 1 aromatic heterocycles. The van der Waals surface area contributed by atoms with Gasteiger partial charge in [-0.05, 0) is 85.5 Å². The number of hydrogen-bond acceptors (Lipinski definition) is 6. The zero-order chi connectivity index (χ0) is 31.9. The van der Waals surface area contributed by atoms with Crippen LogP contribution in [0.5, 0.6) is 11.5 Å². The standard InChI is InChI=1S/C36H43N3O5S/c1-4-7-21-42-22-23-44-33-14-8-28(9-15-33)29-10-18-35(43-6-3)30(24-29)11-19-36(40)38-31-12-16-34(17-13-31)45(41)26-32-25-37-27-39(32)20-5-2/h8-19,24-25,27H,4-7,20-23,26H2,1-3H3,(H,38,40)/b19-11+/t45-/m1/s1. The van der Waals surface area contributed by atoms with Crippen molar-refractivity contribution in [3.8, 4) is 22.6 Å². The summed E-state index contributed by atoms with van der Waals surface area (Å²) in [6, 6.07) is 20.9. The smallest absolute Gasteiger partial charge is 0.248 e. The van der Waals surface area contributed by atoms with Crippen molar-refractivity contribution < 1.29 is 23.2 Å². The lowest BCUT2D eigenvalue weighted by atomic mass is 10.0. The van der Waals surface area contributed by atoms with Gasteiger partial charge in [-0.15, -0.1) is 0 Å². The number of carbonyl (C=O) groups excluding carboxylic acids is 1. The summed E-state index contributed by atoms with van der Waals surface area (Å²) in [4.78, 5) is 17.7. The molecule has 0 radical (unpaired) electrons. The van der Waals surface area contributed by atoms with Gasteiger partial charge in [-0.1, -0.05) is 38.5 Å². The lowest BCUT2D eigenvalue weighted by molar-refractivity contribution is -0.111. The van der Waals surface area contributed by atoms with E-state index >= 15 is 0 Å². The second-order valence-electron chi connectivity index (χ2n) is 10.4. The highest BCUT2D eigenvalue weighted by atomic mass is 32.2. The number of hydrogen-bond donors (Lipinski definition) is 1. The maximum atomic E-state index is 12.9. The van der Waals surface area contributed by atoms with Crippen LogP contribution in [0.4, 0.5) is 5.69 Å². The molecule has 0 saturated heterocycles. The van der Waals surface area contributed by atoms with Gasteiger partial charge in [0.1, 0.15) is 18.1 Å². The molecule has 0 aliphatic heterocycles. The van der Waals surface area contributed by atoms with Crippen molar-refractivity contribution in [1.29, 1.82) is 0 Å². The van der Waals surface area contributed by atoms with E-state index in [2.05, 4.69) is 24.1 Å². The zero-order valence-electron chi connectivity index (χ0n) is 26.4. The Labute approximate surface area is 268 Å². The molecule has 0 spiro atoms. The summed E-state index contributed by atoms with van der Waals surface area (Å²) in [5.74, 6) is 1.60. The number of nitrogens with one attached hydrogen (secondary N) is 1. The number of aromatic nitrogens is 2. The molecule has 4 aromatic rings. The second kappa shape index (κ2) is 17.9. The Kier molecular flexibility index (Phi) is 13.4. The van der Waals surface area contributed by atoms with E-state index in [-0.39, 0.29) is 5.91 Å². The Morgan fingerprint density at radius 3 is 2.42 bits per heavy atom. The number of unbranched alkanes of at least 4 members (excludes halogenated alkanes) is 1. The fourth-order valence-corrected chi connectivity index (χ4v) is 5.74. The SMILES string of the molecule is CCCCOCCOc1ccc(-c2ccc(OCC)c(/C=C/C(=O)Nc3ccc([S@](=O)Cc4cncn4CCC)cc3)c2)cc1. The van der Waals surface area contributed by atoms with Gasteiger partial charge in [0.2, 0.25) is 5.91 Å². The van der Waals surface area contributed by atoms with Gasteiger partial charge in [-0.25, -0.2) is 4.98 Å². The van der Waals surface area contributed by atoms with E-state index in [4.69, 9.17) is 14.2 Å². The van der Waals surface area contributed by atoms with E-state index in [1.54, 1.807) is 42.9 Å². The van der Waals surface area contributed by atoms with Gasteiger partial charge in [-0.2, -0.15) is 0 Å². The van der Waals surface area contributed by atoms with Crippen LogP contribution in [0.1, 0.15) is 51.3 Å². The number of rotatable bonds is 18.